The lowest BCUT2D eigenvalue weighted by Gasteiger charge is -2.27. The minimum Gasteiger partial charge on any atom is -0.461 e. The van der Waals surface area contributed by atoms with E-state index in [1.54, 1.807) is 35.7 Å². The van der Waals surface area contributed by atoms with Crippen LogP contribution in [0.3, 0.4) is 0 Å². The first kappa shape index (κ1) is 17.3. The molecule has 7 nitrogen and oxygen atoms in total. The number of esters is 1. The Morgan fingerprint density at radius 1 is 1.32 bits per heavy atom. The van der Waals surface area contributed by atoms with Gasteiger partial charge in [-0.3, -0.25) is 0 Å². The van der Waals surface area contributed by atoms with Crippen LogP contribution in [0.15, 0.2) is 24.3 Å². The highest BCUT2D eigenvalue weighted by molar-refractivity contribution is 6.30. The van der Waals surface area contributed by atoms with E-state index < -0.39 is 5.97 Å². The summed E-state index contributed by atoms with van der Waals surface area (Å²) in [6.45, 7) is 2.88. The number of rotatable bonds is 3. The molecule has 25 heavy (non-hydrogen) atoms. The van der Waals surface area contributed by atoms with Crippen LogP contribution in [0.1, 0.15) is 28.7 Å². The van der Waals surface area contributed by atoms with Gasteiger partial charge in [-0.2, -0.15) is 5.10 Å². The molecule has 0 bridgehead atoms. The summed E-state index contributed by atoms with van der Waals surface area (Å²) < 4.78 is 6.86. The third kappa shape index (κ3) is 3.32. The third-order valence-corrected chi connectivity index (χ3v) is 4.35. The number of halogens is 1. The number of hydrogen-bond donors (Lipinski definition) is 1. The fourth-order valence-electron chi connectivity index (χ4n) is 2.91. The predicted octanol–water partition coefficient (Wildman–Crippen LogP) is 2.40. The molecule has 0 spiro atoms. The maximum Gasteiger partial charge on any atom is 0.359 e. The smallest absolute Gasteiger partial charge is 0.359 e. The van der Waals surface area contributed by atoms with Gasteiger partial charge in [-0.1, -0.05) is 11.6 Å². The second-order valence-electron chi connectivity index (χ2n) is 5.61. The number of aromatic nitrogens is 2. The molecule has 0 saturated heterocycles. The molecule has 0 unspecified atom stereocenters. The molecule has 0 fully saturated rings. The summed E-state index contributed by atoms with van der Waals surface area (Å²) in [5.41, 5.74) is 2.69. The minimum atomic E-state index is -0.481. The van der Waals surface area contributed by atoms with E-state index in [0.717, 1.165) is 16.9 Å². The highest BCUT2D eigenvalue weighted by Gasteiger charge is 2.30. The van der Waals surface area contributed by atoms with Crippen molar-refractivity contribution in [3.8, 4) is 5.69 Å². The van der Waals surface area contributed by atoms with Crippen molar-refractivity contribution in [2.24, 2.45) is 0 Å². The largest absolute Gasteiger partial charge is 0.461 e. The molecule has 1 aromatic heterocycles. The van der Waals surface area contributed by atoms with Crippen molar-refractivity contribution >= 4 is 23.6 Å². The molecule has 0 radical (unpaired) electrons. The number of carbonyl (C=O) groups is 2. The van der Waals surface area contributed by atoms with Crippen molar-refractivity contribution in [1.29, 1.82) is 0 Å². The summed E-state index contributed by atoms with van der Waals surface area (Å²) >= 11 is 5.95. The maximum absolute atomic E-state index is 12.3. The van der Waals surface area contributed by atoms with Gasteiger partial charge in [0.25, 0.3) is 0 Å². The molecule has 1 aliphatic rings. The van der Waals surface area contributed by atoms with Gasteiger partial charge in [-0.15, -0.1) is 0 Å². The second-order valence-corrected chi connectivity index (χ2v) is 6.05. The first-order valence-corrected chi connectivity index (χ1v) is 8.43. The van der Waals surface area contributed by atoms with Gasteiger partial charge in [-0.25, -0.2) is 14.3 Å². The number of benzene rings is 1. The van der Waals surface area contributed by atoms with E-state index in [4.69, 9.17) is 16.3 Å². The molecule has 2 aromatic rings. The number of nitrogens with one attached hydrogen (secondary N) is 1. The Morgan fingerprint density at radius 3 is 2.68 bits per heavy atom. The van der Waals surface area contributed by atoms with Gasteiger partial charge in [0.2, 0.25) is 0 Å². The average Bonchev–Trinajstić information content (AvgIpc) is 3.01. The van der Waals surface area contributed by atoms with Crippen molar-refractivity contribution in [2.75, 3.05) is 20.2 Å². The Balaban J connectivity index is 2.05. The van der Waals surface area contributed by atoms with Gasteiger partial charge in [0.05, 0.1) is 24.5 Å². The van der Waals surface area contributed by atoms with Crippen LogP contribution in [-0.2, 0) is 17.7 Å². The molecule has 1 N–H and O–H groups in total. The molecule has 1 aliphatic heterocycles. The lowest BCUT2D eigenvalue weighted by Crippen LogP contribution is -2.41. The molecule has 132 valence electrons. The molecule has 2 amide bonds. The monoisotopic (exact) mass is 362 g/mol. The van der Waals surface area contributed by atoms with Gasteiger partial charge in [0, 0.05) is 30.6 Å². The first-order valence-electron chi connectivity index (χ1n) is 8.05. The van der Waals surface area contributed by atoms with E-state index in [0.29, 0.717) is 24.5 Å². The quantitative estimate of drug-likeness (QED) is 0.850. The van der Waals surface area contributed by atoms with E-state index in [2.05, 4.69) is 10.4 Å². The summed E-state index contributed by atoms with van der Waals surface area (Å²) in [7, 11) is 1.58. The van der Waals surface area contributed by atoms with E-state index >= 15 is 0 Å². The molecule has 0 saturated carbocycles. The maximum atomic E-state index is 12.3. The Hall–Kier alpha value is -2.54. The molecular weight excluding hydrogens is 344 g/mol. The van der Waals surface area contributed by atoms with Crippen molar-refractivity contribution in [1.82, 2.24) is 20.0 Å². The van der Waals surface area contributed by atoms with E-state index in [-0.39, 0.29) is 18.3 Å². The fourth-order valence-corrected chi connectivity index (χ4v) is 3.04. The highest BCUT2D eigenvalue weighted by atomic mass is 35.5. The zero-order valence-electron chi connectivity index (χ0n) is 14.1. The van der Waals surface area contributed by atoms with E-state index in [1.807, 2.05) is 12.1 Å². The normalized spacial score (nSPS) is 13.3. The van der Waals surface area contributed by atoms with E-state index in [9.17, 15) is 9.59 Å². The van der Waals surface area contributed by atoms with Gasteiger partial charge >= 0.3 is 12.0 Å². The SMILES string of the molecule is CCOC(=O)c1nn(-c2ccc(Cl)cc2)c2c1CN(C(=O)NC)CC2. The lowest BCUT2D eigenvalue weighted by molar-refractivity contribution is 0.0516. The lowest BCUT2D eigenvalue weighted by atomic mass is 10.1. The van der Waals surface area contributed by atoms with E-state index in [1.165, 1.54) is 0 Å². The standard InChI is InChI=1S/C17H19ClN4O3/c1-3-25-16(23)15-13-10-21(17(24)19-2)9-8-14(13)22(20-15)12-6-4-11(18)5-7-12/h4-7H,3,8-10H2,1-2H3,(H,19,24). The predicted molar refractivity (Wildman–Crippen MR) is 93.1 cm³/mol. The summed E-state index contributed by atoms with van der Waals surface area (Å²) in [6.07, 6.45) is 0.595. The summed E-state index contributed by atoms with van der Waals surface area (Å²) in [5, 5.41) is 7.71. The zero-order valence-corrected chi connectivity index (χ0v) is 14.8. The van der Waals surface area contributed by atoms with Crippen LogP contribution in [0.25, 0.3) is 5.69 Å². The van der Waals surface area contributed by atoms with Gasteiger partial charge in [0.1, 0.15) is 0 Å². The van der Waals surface area contributed by atoms with Crippen molar-refractivity contribution in [3.05, 3.63) is 46.2 Å². The van der Waals surface area contributed by atoms with Crippen LogP contribution in [0.2, 0.25) is 5.02 Å². The molecular formula is C17H19ClN4O3. The molecule has 1 aromatic carbocycles. The van der Waals surface area contributed by atoms with Crippen LogP contribution in [0.4, 0.5) is 4.79 Å². The van der Waals surface area contributed by atoms with Crippen LogP contribution in [0.5, 0.6) is 0 Å². The third-order valence-electron chi connectivity index (χ3n) is 4.10. The number of hydrogen-bond acceptors (Lipinski definition) is 4. The Kier molecular flexibility index (Phi) is 4.94. The number of nitrogens with zero attached hydrogens (tertiary/aromatic N) is 3. The van der Waals surface area contributed by atoms with Crippen LogP contribution in [-0.4, -0.2) is 46.9 Å². The van der Waals surface area contributed by atoms with Crippen LogP contribution < -0.4 is 5.32 Å². The zero-order chi connectivity index (χ0) is 18.0. The second kappa shape index (κ2) is 7.14. The van der Waals surface area contributed by atoms with Gasteiger partial charge in [0.15, 0.2) is 5.69 Å². The molecule has 0 atom stereocenters. The topological polar surface area (TPSA) is 76.5 Å². The highest BCUT2D eigenvalue weighted by Crippen LogP contribution is 2.26. The molecule has 8 heteroatoms. The van der Waals surface area contributed by atoms with Crippen molar-refractivity contribution in [2.45, 2.75) is 19.9 Å². The van der Waals surface area contributed by atoms with Crippen molar-refractivity contribution in [3.63, 3.8) is 0 Å². The average molecular weight is 363 g/mol. The molecule has 3 rings (SSSR count). The molecule has 2 heterocycles. The van der Waals surface area contributed by atoms with Gasteiger partial charge < -0.3 is 15.0 Å². The Labute approximate surface area is 150 Å². The number of carbonyl (C=O) groups excluding carboxylic acids is 2. The number of ether oxygens (including phenoxy) is 1. The first-order chi connectivity index (χ1) is 12.0. The van der Waals surface area contributed by atoms with Crippen LogP contribution in [0, 0.1) is 0 Å². The Bertz CT molecular complexity index is 801. The summed E-state index contributed by atoms with van der Waals surface area (Å²) in [4.78, 5) is 25.9. The molecule has 0 aliphatic carbocycles. The summed E-state index contributed by atoms with van der Waals surface area (Å²) in [6, 6.07) is 7.05. The van der Waals surface area contributed by atoms with Crippen LogP contribution >= 0.6 is 11.6 Å². The number of urea groups is 1. The van der Waals surface area contributed by atoms with Gasteiger partial charge in [-0.05, 0) is 31.2 Å². The Morgan fingerprint density at radius 2 is 2.04 bits per heavy atom. The minimum absolute atomic E-state index is 0.181. The number of fused-ring (bicyclic) bond motifs is 1. The summed E-state index contributed by atoms with van der Waals surface area (Å²) in [5.74, 6) is -0.481. The number of amides is 2. The van der Waals surface area contributed by atoms with Crippen molar-refractivity contribution < 1.29 is 14.3 Å². The fraction of sp³-hybridized carbons (Fsp3) is 0.353.